The van der Waals surface area contributed by atoms with Crippen molar-refractivity contribution in [2.24, 2.45) is 0 Å². The van der Waals surface area contributed by atoms with Crippen LogP contribution in [0.25, 0.3) is 0 Å². The first-order valence-corrected chi connectivity index (χ1v) is 5.82. The van der Waals surface area contributed by atoms with Crippen LogP contribution in [-0.4, -0.2) is 63.0 Å². The van der Waals surface area contributed by atoms with Gasteiger partial charge in [0.25, 0.3) is 0 Å². The summed E-state index contributed by atoms with van der Waals surface area (Å²) >= 11 is 0. The van der Waals surface area contributed by atoms with E-state index in [1.165, 1.54) is 7.11 Å². The van der Waals surface area contributed by atoms with Gasteiger partial charge in [-0.15, -0.1) is 0 Å². The Morgan fingerprint density at radius 1 is 1.25 bits per heavy atom. The number of carbonyl (C=O) groups excluding carboxylic acids is 1. The molecule has 16 heavy (non-hydrogen) atoms. The normalized spacial score (nSPS) is 28.9. The molecule has 0 aliphatic carbocycles. The van der Waals surface area contributed by atoms with Gasteiger partial charge in [-0.1, -0.05) is 0 Å². The summed E-state index contributed by atoms with van der Waals surface area (Å²) in [5.41, 5.74) is 0. The van der Waals surface area contributed by atoms with Crippen molar-refractivity contribution >= 4 is 5.97 Å². The largest absolute Gasteiger partial charge is 0.468 e. The predicted molar refractivity (Wildman–Crippen MR) is 57.2 cm³/mol. The molecule has 0 N–H and O–H groups in total. The van der Waals surface area contributed by atoms with Gasteiger partial charge in [0.2, 0.25) is 0 Å². The van der Waals surface area contributed by atoms with Gasteiger partial charge in [-0.25, -0.2) is 0 Å². The fourth-order valence-corrected chi connectivity index (χ4v) is 2.41. The van der Waals surface area contributed by atoms with E-state index in [1.807, 2.05) is 0 Å². The van der Waals surface area contributed by atoms with E-state index in [9.17, 15) is 4.79 Å². The van der Waals surface area contributed by atoms with E-state index in [0.29, 0.717) is 19.3 Å². The van der Waals surface area contributed by atoms with Crippen LogP contribution in [0.2, 0.25) is 0 Å². The molecule has 2 heterocycles. The van der Waals surface area contributed by atoms with Crippen molar-refractivity contribution in [3.05, 3.63) is 0 Å². The van der Waals surface area contributed by atoms with Crippen LogP contribution in [0.3, 0.4) is 0 Å². The molecular weight excluding hydrogens is 210 g/mol. The lowest BCUT2D eigenvalue weighted by Crippen LogP contribution is -2.55. The minimum Gasteiger partial charge on any atom is -0.468 e. The number of hydrogen-bond acceptors (Lipinski definition) is 5. The molecule has 1 atom stereocenters. The van der Waals surface area contributed by atoms with Gasteiger partial charge in [-0.05, 0) is 12.8 Å². The van der Waals surface area contributed by atoms with E-state index in [-0.39, 0.29) is 12.0 Å². The van der Waals surface area contributed by atoms with Gasteiger partial charge in [0, 0.05) is 25.8 Å². The predicted octanol–water partition coefficient (Wildman–Crippen LogP) is 0.0392. The van der Waals surface area contributed by atoms with Crippen molar-refractivity contribution in [2.45, 2.75) is 24.9 Å². The second-order valence-electron chi connectivity index (χ2n) is 4.20. The first-order chi connectivity index (χ1) is 7.83. The zero-order chi connectivity index (χ0) is 11.4. The molecule has 0 radical (unpaired) electrons. The zero-order valence-corrected chi connectivity index (χ0v) is 9.68. The van der Waals surface area contributed by atoms with Crippen LogP contribution in [0.5, 0.6) is 0 Å². The Labute approximate surface area is 95.6 Å². The smallest absolute Gasteiger partial charge is 0.325 e. The highest BCUT2D eigenvalue weighted by atomic mass is 16.5. The summed E-state index contributed by atoms with van der Waals surface area (Å²) in [5.74, 6) is -0.189. The molecule has 0 saturated carbocycles. The Kier molecular flexibility index (Phi) is 4.15. The standard InChI is InChI=1S/C11H19NO4/c1-14-11(13)10-8-16-7-4-12(10)9-2-5-15-6-3-9/h9-10H,2-8H2,1H3. The summed E-state index contributed by atoms with van der Waals surface area (Å²) in [5, 5.41) is 0. The molecule has 0 bridgehead atoms. The van der Waals surface area contributed by atoms with Crippen molar-refractivity contribution in [3.8, 4) is 0 Å². The van der Waals surface area contributed by atoms with Gasteiger partial charge >= 0.3 is 5.97 Å². The van der Waals surface area contributed by atoms with Crippen LogP contribution in [0.4, 0.5) is 0 Å². The number of hydrogen-bond donors (Lipinski definition) is 0. The average molecular weight is 229 g/mol. The quantitative estimate of drug-likeness (QED) is 0.626. The highest BCUT2D eigenvalue weighted by molar-refractivity contribution is 5.76. The fourth-order valence-electron chi connectivity index (χ4n) is 2.41. The number of esters is 1. The first kappa shape index (κ1) is 11.8. The van der Waals surface area contributed by atoms with Crippen LogP contribution >= 0.6 is 0 Å². The Bertz CT molecular complexity index is 240. The topological polar surface area (TPSA) is 48.0 Å². The number of ether oxygens (including phenoxy) is 3. The third-order valence-corrected chi connectivity index (χ3v) is 3.30. The van der Waals surface area contributed by atoms with Gasteiger partial charge in [0.05, 0.1) is 20.3 Å². The Hall–Kier alpha value is -0.650. The monoisotopic (exact) mass is 229 g/mol. The molecule has 0 amide bonds. The number of nitrogens with zero attached hydrogens (tertiary/aromatic N) is 1. The van der Waals surface area contributed by atoms with Crippen molar-refractivity contribution < 1.29 is 19.0 Å². The molecule has 0 spiro atoms. The first-order valence-electron chi connectivity index (χ1n) is 5.82. The molecule has 5 nitrogen and oxygen atoms in total. The minimum atomic E-state index is -0.234. The SMILES string of the molecule is COC(=O)C1COCCN1C1CCOCC1. The lowest BCUT2D eigenvalue weighted by atomic mass is 10.0. The van der Waals surface area contributed by atoms with Crippen molar-refractivity contribution in [2.75, 3.05) is 40.1 Å². The molecule has 2 aliphatic rings. The molecule has 2 aliphatic heterocycles. The number of carbonyl (C=O) groups is 1. The maximum absolute atomic E-state index is 11.6. The lowest BCUT2D eigenvalue weighted by Gasteiger charge is -2.40. The zero-order valence-electron chi connectivity index (χ0n) is 9.68. The van der Waals surface area contributed by atoms with E-state index in [2.05, 4.69) is 4.90 Å². The van der Waals surface area contributed by atoms with Gasteiger partial charge in [-0.2, -0.15) is 0 Å². The van der Waals surface area contributed by atoms with E-state index >= 15 is 0 Å². The third-order valence-electron chi connectivity index (χ3n) is 3.30. The fraction of sp³-hybridized carbons (Fsp3) is 0.909. The third kappa shape index (κ3) is 2.53. The van der Waals surface area contributed by atoms with Crippen molar-refractivity contribution in [1.82, 2.24) is 4.90 Å². The van der Waals surface area contributed by atoms with Crippen LogP contribution in [0.15, 0.2) is 0 Å². The molecule has 0 aromatic heterocycles. The van der Waals surface area contributed by atoms with Crippen LogP contribution in [0, 0.1) is 0 Å². The summed E-state index contributed by atoms with van der Waals surface area (Å²) in [6.07, 6.45) is 1.99. The van der Waals surface area contributed by atoms with E-state index < -0.39 is 0 Å². The Morgan fingerprint density at radius 3 is 2.69 bits per heavy atom. The Morgan fingerprint density at radius 2 is 2.00 bits per heavy atom. The summed E-state index contributed by atoms with van der Waals surface area (Å²) in [6.45, 7) is 3.53. The minimum absolute atomic E-state index is 0.189. The molecule has 0 aromatic rings. The molecular formula is C11H19NO4. The molecule has 2 rings (SSSR count). The molecule has 5 heteroatoms. The highest BCUT2D eigenvalue weighted by Crippen LogP contribution is 2.20. The number of rotatable bonds is 2. The van der Waals surface area contributed by atoms with E-state index in [1.54, 1.807) is 0 Å². The summed E-state index contributed by atoms with van der Waals surface area (Å²) < 4.78 is 15.5. The van der Waals surface area contributed by atoms with Gasteiger partial charge in [0.1, 0.15) is 6.04 Å². The second-order valence-corrected chi connectivity index (χ2v) is 4.20. The van der Waals surface area contributed by atoms with Crippen LogP contribution < -0.4 is 0 Å². The Balaban J connectivity index is 2.00. The van der Waals surface area contributed by atoms with Crippen LogP contribution in [0.1, 0.15) is 12.8 Å². The van der Waals surface area contributed by atoms with Gasteiger partial charge in [0.15, 0.2) is 0 Å². The maximum atomic E-state index is 11.6. The number of morpholine rings is 1. The second kappa shape index (κ2) is 5.61. The molecule has 2 fully saturated rings. The van der Waals surface area contributed by atoms with Crippen molar-refractivity contribution in [1.29, 1.82) is 0 Å². The molecule has 2 saturated heterocycles. The summed E-state index contributed by atoms with van der Waals surface area (Å²) in [4.78, 5) is 13.9. The molecule has 1 unspecified atom stereocenters. The lowest BCUT2D eigenvalue weighted by molar-refractivity contribution is -0.157. The summed E-state index contributed by atoms with van der Waals surface area (Å²) in [7, 11) is 1.43. The van der Waals surface area contributed by atoms with Crippen molar-refractivity contribution in [3.63, 3.8) is 0 Å². The van der Waals surface area contributed by atoms with Crippen LogP contribution in [-0.2, 0) is 19.0 Å². The van der Waals surface area contributed by atoms with Gasteiger partial charge < -0.3 is 14.2 Å². The highest BCUT2D eigenvalue weighted by Gasteiger charge is 2.35. The van der Waals surface area contributed by atoms with E-state index in [4.69, 9.17) is 14.2 Å². The molecule has 0 aromatic carbocycles. The summed E-state index contributed by atoms with van der Waals surface area (Å²) in [6, 6.07) is 0.198. The maximum Gasteiger partial charge on any atom is 0.325 e. The number of methoxy groups -OCH3 is 1. The molecule has 92 valence electrons. The van der Waals surface area contributed by atoms with Gasteiger partial charge in [-0.3, -0.25) is 9.69 Å². The average Bonchev–Trinajstić information content (AvgIpc) is 2.39. The van der Waals surface area contributed by atoms with E-state index in [0.717, 1.165) is 32.6 Å².